The first-order chi connectivity index (χ1) is 6.41. The van der Waals surface area contributed by atoms with Gasteiger partial charge in [-0.3, -0.25) is 0 Å². The van der Waals surface area contributed by atoms with Crippen molar-refractivity contribution in [3.63, 3.8) is 0 Å². The van der Waals surface area contributed by atoms with Gasteiger partial charge in [0.1, 0.15) is 0 Å². The summed E-state index contributed by atoms with van der Waals surface area (Å²) in [5.74, 6) is 0. The van der Waals surface area contributed by atoms with Crippen molar-refractivity contribution in [3.05, 3.63) is 67.0 Å². The zero-order valence-electron chi connectivity index (χ0n) is 8.11. The molecule has 0 nitrogen and oxygen atoms in total. The van der Waals surface area contributed by atoms with Crippen LogP contribution in [0.5, 0.6) is 0 Å². The normalized spacial score (nSPS) is 10.8. The third-order valence-electron chi connectivity index (χ3n) is 1.22. The molecule has 0 rings (SSSR count). The first kappa shape index (κ1) is 11.5. The summed E-state index contributed by atoms with van der Waals surface area (Å²) in [5, 5.41) is 0. The average Bonchev–Trinajstić information content (AvgIpc) is 2.16. The summed E-state index contributed by atoms with van der Waals surface area (Å²) in [7, 11) is 0. The molecule has 0 aliphatic heterocycles. The van der Waals surface area contributed by atoms with Crippen molar-refractivity contribution < 1.29 is 0 Å². The summed E-state index contributed by atoms with van der Waals surface area (Å²) >= 11 is 0. The Kier molecular flexibility index (Phi) is 9.25. The van der Waals surface area contributed by atoms with Crippen molar-refractivity contribution in [1.82, 2.24) is 0 Å². The highest BCUT2D eigenvalue weighted by atomic mass is 13.7. The first-order valence-corrected chi connectivity index (χ1v) is 4.43. The molecule has 0 radical (unpaired) electrons. The molecule has 0 aromatic carbocycles. The molecule has 13 heavy (non-hydrogen) atoms. The van der Waals surface area contributed by atoms with Gasteiger partial charge in [0.05, 0.1) is 0 Å². The zero-order valence-corrected chi connectivity index (χ0v) is 8.11. The quantitative estimate of drug-likeness (QED) is 0.435. The van der Waals surface area contributed by atoms with Gasteiger partial charge in [0.15, 0.2) is 0 Å². The number of rotatable bonds is 5. The number of hydrogen-bond donors (Lipinski definition) is 0. The van der Waals surface area contributed by atoms with E-state index in [4.69, 9.17) is 0 Å². The van der Waals surface area contributed by atoms with E-state index in [2.05, 4.69) is 25.3 Å². The Morgan fingerprint density at radius 3 is 2.38 bits per heavy atom. The zero-order chi connectivity index (χ0) is 9.78. The third kappa shape index (κ3) is 10.5. The lowest BCUT2D eigenvalue weighted by molar-refractivity contribution is 1.22. The Morgan fingerprint density at radius 1 is 1.00 bits per heavy atom. The van der Waals surface area contributed by atoms with Crippen LogP contribution >= 0.6 is 0 Å². The molecule has 0 aromatic rings. The summed E-state index contributed by atoms with van der Waals surface area (Å²) in [6.07, 6.45) is 18.4. The van der Waals surface area contributed by atoms with Crippen LogP contribution < -0.4 is 0 Å². The van der Waals surface area contributed by atoms with Gasteiger partial charge in [-0.05, 0) is 18.6 Å². The molecule has 0 atom stereocenters. The van der Waals surface area contributed by atoms with Gasteiger partial charge in [-0.15, -0.1) is 5.73 Å². The smallest absolute Gasteiger partial charge is 0.0200 e. The van der Waals surface area contributed by atoms with Crippen LogP contribution in [-0.2, 0) is 0 Å². The van der Waals surface area contributed by atoms with Crippen molar-refractivity contribution in [3.8, 4) is 0 Å². The summed E-state index contributed by atoms with van der Waals surface area (Å²) in [5.41, 5.74) is 2.93. The van der Waals surface area contributed by atoms with Crippen molar-refractivity contribution >= 4 is 0 Å². The molecular formula is C13H16. The van der Waals surface area contributed by atoms with E-state index in [1.54, 1.807) is 12.2 Å². The maximum atomic E-state index is 3.54. The average molecular weight is 172 g/mol. The van der Waals surface area contributed by atoms with E-state index < -0.39 is 0 Å². The van der Waals surface area contributed by atoms with Crippen LogP contribution in [0.3, 0.4) is 0 Å². The summed E-state index contributed by atoms with van der Waals surface area (Å²) in [6.45, 7) is 5.66. The second kappa shape index (κ2) is 10.5. The van der Waals surface area contributed by atoms with Crippen molar-refractivity contribution in [2.24, 2.45) is 0 Å². The molecule has 0 spiro atoms. The van der Waals surface area contributed by atoms with E-state index in [1.807, 2.05) is 36.5 Å². The van der Waals surface area contributed by atoms with E-state index in [9.17, 15) is 0 Å². The molecule has 0 aliphatic rings. The Labute approximate surface area is 81.0 Å². The third-order valence-corrected chi connectivity index (χ3v) is 1.22. The van der Waals surface area contributed by atoms with Gasteiger partial charge < -0.3 is 0 Å². The molecule has 68 valence electrons. The fourth-order valence-electron chi connectivity index (χ4n) is 0.642. The highest BCUT2D eigenvalue weighted by molar-refractivity contribution is 5.15. The molecule has 0 bridgehead atoms. The van der Waals surface area contributed by atoms with Gasteiger partial charge in [-0.1, -0.05) is 56.0 Å². The summed E-state index contributed by atoms with van der Waals surface area (Å²) in [4.78, 5) is 0. The van der Waals surface area contributed by atoms with E-state index in [-0.39, 0.29) is 0 Å². The molecule has 0 saturated heterocycles. The first-order valence-electron chi connectivity index (χ1n) is 4.43. The maximum absolute atomic E-state index is 3.54. The minimum absolute atomic E-state index is 1.08. The lowest BCUT2D eigenvalue weighted by Gasteiger charge is -1.73. The lowest BCUT2D eigenvalue weighted by atomic mass is 10.3. The highest BCUT2D eigenvalue weighted by Crippen LogP contribution is 1.83. The van der Waals surface area contributed by atoms with Gasteiger partial charge in [-0.2, -0.15) is 0 Å². The Hall–Kier alpha value is -1.52. The van der Waals surface area contributed by atoms with E-state index in [1.165, 1.54) is 0 Å². The molecule has 0 aromatic heterocycles. The number of hydrogen-bond acceptors (Lipinski definition) is 0. The topological polar surface area (TPSA) is 0 Å². The molecule has 0 unspecified atom stereocenters. The van der Waals surface area contributed by atoms with Crippen molar-refractivity contribution in [2.45, 2.75) is 13.3 Å². The maximum Gasteiger partial charge on any atom is -0.0200 e. The van der Waals surface area contributed by atoms with Gasteiger partial charge in [0, 0.05) is 0 Å². The Balaban J connectivity index is 3.74. The number of allylic oxidation sites excluding steroid dienone is 8. The monoisotopic (exact) mass is 172 g/mol. The van der Waals surface area contributed by atoms with E-state index >= 15 is 0 Å². The minimum Gasteiger partial charge on any atom is -0.121 e. The SMILES string of the molecule is C=CC=C=C/C=C/C=C/C=C/CC. The van der Waals surface area contributed by atoms with E-state index in [0.717, 1.165) is 6.42 Å². The largest absolute Gasteiger partial charge is 0.121 e. The van der Waals surface area contributed by atoms with Gasteiger partial charge in [0.25, 0.3) is 0 Å². The molecule has 0 saturated carbocycles. The van der Waals surface area contributed by atoms with Crippen LogP contribution in [0, 0.1) is 0 Å². The standard InChI is InChI=1S/C13H16/c1-3-5-7-9-11-13-12-10-8-6-4-2/h3,5-6,8-13H,1,4H2,2H3/b8-6+,12-10+,13-11+. The van der Waals surface area contributed by atoms with Crippen LogP contribution in [0.25, 0.3) is 0 Å². The fourth-order valence-corrected chi connectivity index (χ4v) is 0.642. The van der Waals surface area contributed by atoms with Crippen LogP contribution in [0.1, 0.15) is 13.3 Å². The minimum atomic E-state index is 1.08. The lowest BCUT2D eigenvalue weighted by Crippen LogP contribution is -1.52. The van der Waals surface area contributed by atoms with Crippen LogP contribution in [0.15, 0.2) is 67.0 Å². The predicted molar refractivity (Wildman–Crippen MR) is 60.6 cm³/mol. The summed E-state index contributed by atoms with van der Waals surface area (Å²) in [6, 6.07) is 0. The fraction of sp³-hybridized carbons (Fsp3) is 0.154. The molecule has 0 amide bonds. The van der Waals surface area contributed by atoms with Gasteiger partial charge in [-0.25, -0.2) is 0 Å². The van der Waals surface area contributed by atoms with E-state index in [0.29, 0.717) is 0 Å². The highest BCUT2D eigenvalue weighted by Gasteiger charge is 1.62. The van der Waals surface area contributed by atoms with Gasteiger partial charge in [0.2, 0.25) is 0 Å². The van der Waals surface area contributed by atoms with Crippen LogP contribution in [-0.4, -0.2) is 0 Å². The molecule has 0 N–H and O–H groups in total. The molecular weight excluding hydrogens is 156 g/mol. The predicted octanol–water partition coefficient (Wildman–Crippen LogP) is 3.96. The second-order valence-electron chi connectivity index (χ2n) is 2.34. The van der Waals surface area contributed by atoms with Crippen molar-refractivity contribution in [2.75, 3.05) is 0 Å². The van der Waals surface area contributed by atoms with Crippen LogP contribution in [0.2, 0.25) is 0 Å². The molecule has 0 heteroatoms. The van der Waals surface area contributed by atoms with Crippen molar-refractivity contribution in [1.29, 1.82) is 0 Å². The molecule has 0 aliphatic carbocycles. The van der Waals surface area contributed by atoms with Gasteiger partial charge >= 0.3 is 0 Å². The summed E-state index contributed by atoms with van der Waals surface area (Å²) < 4.78 is 0. The Bertz CT molecular complexity index is 256. The molecule has 0 heterocycles. The van der Waals surface area contributed by atoms with Crippen LogP contribution in [0.4, 0.5) is 0 Å². The second-order valence-corrected chi connectivity index (χ2v) is 2.34. The Morgan fingerprint density at radius 2 is 1.69 bits per heavy atom. The molecule has 0 fully saturated rings.